The van der Waals surface area contributed by atoms with Gasteiger partial charge >= 0.3 is 53.4 Å². The number of carbonyl (C=O) groups excluding carboxylic acids is 6. The molecule has 25 heteroatoms. The lowest BCUT2D eigenvalue weighted by Gasteiger charge is -2.48. The third-order valence-electron chi connectivity index (χ3n) is 9.24. The quantitative estimate of drug-likeness (QED) is 0.0198. The molecule has 0 aliphatic carbocycles. The standard InChI is InChI=1S/C42H82O19Si6/c1-35(2)41(47)55-23-21-49-19-17-29-66(57-62(9,10)31-25-51-37(5)43,58-63(11,12)32-26-52-38(6)44)61-67(59-64(13,14)33-27-53-39(7)45,60-65(15,16)34-28-54-40(8)46)30-18-20-50-22-24-56-42(48)36(3)4/h1,3,17-34H2,2,4-16H3. The van der Waals surface area contributed by atoms with Crippen molar-refractivity contribution in [1.29, 1.82) is 0 Å². The molecule has 0 rings (SSSR count). The van der Waals surface area contributed by atoms with Gasteiger partial charge < -0.3 is 58.5 Å². The number of carbonyl (C=O) groups is 6. The molecule has 0 fully saturated rings. The van der Waals surface area contributed by atoms with Gasteiger partial charge in [-0.05, 0) is 103 Å². The summed E-state index contributed by atoms with van der Waals surface area (Å²) < 4.78 is 81.1. The fourth-order valence-corrected chi connectivity index (χ4v) is 32.2. The highest BCUT2D eigenvalue weighted by atomic mass is 28.5. The number of esters is 6. The first-order valence-corrected chi connectivity index (χ1v) is 39.0. The summed E-state index contributed by atoms with van der Waals surface area (Å²) in [6.45, 7) is 32.6. The molecule has 0 atom stereocenters. The van der Waals surface area contributed by atoms with Crippen molar-refractivity contribution < 1.29 is 87.2 Å². The summed E-state index contributed by atoms with van der Waals surface area (Å²) in [5.74, 6) is -2.78. The van der Waals surface area contributed by atoms with Crippen LogP contribution < -0.4 is 0 Å². The Labute approximate surface area is 405 Å². The van der Waals surface area contributed by atoms with Gasteiger partial charge in [0.25, 0.3) is 0 Å². The second-order valence-corrected chi connectivity index (χ2v) is 42.4. The lowest BCUT2D eigenvalue weighted by molar-refractivity contribution is -0.141. The highest BCUT2D eigenvalue weighted by molar-refractivity contribution is 6.93. The van der Waals surface area contributed by atoms with Crippen LogP contribution in [0.15, 0.2) is 24.3 Å². The van der Waals surface area contributed by atoms with E-state index in [0.717, 1.165) is 0 Å². The summed E-state index contributed by atoms with van der Waals surface area (Å²) in [5, 5.41) is 0. The summed E-state index contributed by atoms with van der Waals surface area (Å²) >= 11 is 0. The Bertz CT molecular complexity index is 1420. The first kappa shape index (κ1) is 64.3. The van der Waals surface area contributed by atoms with E-state index in [2.05, 4.69) is 13.2 Å². The normalized spacial score (nSPS) is 12.5. The van der Waals surface area contributed by atoms with Crippen LogP contribution in [0.4, 0.5) is 0 Å². The van der Waals surface area contributed by atoms with E-state index in [9.17, 15) is 28.8 Å². The molecule has 0 aromatic carbocycles. The zero-order valence-electron chi connectivity index (χ0n) is 42.9. The summed E-state index contributed by atoms with van der Waals surface area (Å²) in [4.78, 5) is 71.6. The minimum Gasteiger partial charge on any atom is -0.466 e. The molecule has 0 aromatic rings. The van der Waals surface area contributed by atoms with Gasteiger partial charge in [0.1, 0.15) is 13.2 Å². The van der Waals surface area contributed by atoms with E-state index in [-0.39, 0.29) is 89.3 Å². The molecule has 0 aromatic heterocycles. The number of hydrogen-bond donors (Lipinski definition) is 0. The van der Waals surface area contributed by atoms with E-state index in [1.165, 1.54) is 27.7 Å². The summed E-state index contributed by atoms with van der Waals surface area (Å²) in [5.41, 5.74) is 0.539. The van der Waals surface area contributed by atoms with Crippen molar-refractivity contribution in [2.24, 2.45) is 0 Å². The minimum atomic E-state index is -4.12. The summed E-state index contributed by atoms with van der Waals surface area (Å²) in [6, 6.07) is 1.98. The molecule has 67 heavy (non-hydrogen) atoms. The third-order valence-corrected chi connectivity index (χ3v) is 33.1. The molecule has 0 unspecified atom stereocenters. The van der Waals surface area contributed by atoms with Crippen LogP contribution in [0, 0.1) is 0 Å². The van der Waals surface area contributed by atoms with E-state index in [1.54, 1.807) is 13.8 Å². The van der Waals surface area contributed by atoms with Crippen LogP contribution in [-0.2, 0) is 87.2 Å². The molecule has 0 N–H and O–H groups in total. The second kappa shape index (κ2) is 31.5. The average Bonchev–Trinajstić information content (AvgIpc) is 3.14. The van der Waals surface area contributed by atoms with Crippen LogP contribution in [0.2, 0.25) is 88.6 Å². The molecular weight excluding hydrogens is 977 g/mol. The molecule has 19 nitrogen and oxygen atoms in total. The van der Waals surface area contributed by atoms with Crippen LogP contribution in [0.3, 0.4) is 0 Å². The number of ether oxygens (including phenoxy) is 8. The zero-order chi connectivity index (χ0) is 51.5. The lowest BCUT2D eigenvalue weighted by Crippen LogP contribution is -2.68. The highest BCUT2D eigenvalue weighted by Crippen LogP contribution is 2.38. The highest BCUT2D eigenvalue weighted by Gasteiger charge is 2.59. The first-order chi connectivity index (χ1) is 30.9. The Morgan fingerprint density at radius 2 is 0.582 bits per heavy atom. The summed E-state index contributed by atoms with van der Waals surface area (Å²) in [6.07, 6.45) is 0.723. The van der Waals surface area contributed by atoms with Gasteiger partial charge in [0.2, 0.25) is 0 Å². The van der Waals surface area contributed by atoms with Crippen LogP contribution in [0.25, 0.3) is 0 Å². The molecule has 0 bridgehead atoms. The number of rotatable bonds is 38. The van der Waals surface area contributed by atoms with E-state index >= 15 is 0 Å². The molecule has 0 amide bonds. The van der Waals surface area contributed by atoms with Crippen LogP contribution in [0.5, 0.6) is 0 Å². The van der Waals surface area contributed by atoms with Gasteiger partial charge in [-0.25, -0.2) is 9.59 Å². The molecule has 0 radical (unpaired) electrons. The van der Waals surface area contributed by atoms with Crippen LogP contribution >= 0.6 is 0 Å². The van der Waals surface area contributed by atoms with E-state index < -0.39 is 86.7 Å². The smallest absolute Gasteiger partial charge is 0.466 e. The van der Waals surface area contributed by atoms with Gasteiger partial charge in [-0.3, -0.25) is 19.2 Å². The van der Waals surface area contributed by atoms with Gasteiger partial charge in [-0.15, -0.1) is 0 Å². The van der Waals surface area contributed by atoms with Crippen molar-refractivity contribution in [1.82, 2.24) is 0 Å². The molecular formula is C42H82O19Si6. The zero-order valence-corrected chi connectivity index (χ0v) is 48.9. The largest absolute Gasteiger partial charge is 0.472 e. The molecule has 0 saturated heterocycles. The maximum Gasteiger partial charge on any atom is 0.472 e. The molecule has 0 spiro atoms. The predicted molar refractivity (Wildman–Crippen MR) is 265 cm³/mol. The van der Waals surface area contributed by atoms with Gasteiger partial charge in [0, 0.05) is 64.1 Å². The van der Waals surface area contributed by atoms with Crippen molar-refractivity contribution >= 4 is 86.7 Å². The molecule has 0 aliphatic rings. The maximum absolute atomic E-state index is 12.0. The topological polar surface area (TPSA) is 222 Å². The van der Waals surface area contributed by atoms with Crippen molar-refractivity contribution in [3.63, 3.8) is 0 Å². The van der Waals surface area contributed by atoms with Gasteiger partial charge in [0.05, 0.1) is 39.6 Å². The maximum atomic E-state index is 12.0. The van der Waals surface area contributed by atoms with Gasteiger partial charge in [0.15, 0.2) is 33.3 Å². The van der Waals surface area contributed by atoms with E-state index in [0.29, 0.717) is 37.0 Å². The van der Waals surface area contributed by atoms with Crippen LogP contribution in [-0.4, -0.2) is 153 Å². The predicted octanol–water partition coefficient (Wildman–Crippen LogP) is 7.07. The Balaban J connectivity index is 7.81. The monoisotopic (exact) mass is 1060 g/mol. The van der Waals surface area contributed by atoms with Crippen LogP contribution in [0.1, 0.15) is 54.4 Å². The molecule has 388 valence electrons. The van der Waals surface area contributed by atoms with Crippen molar-refractivity contribution in [2.75, 3.05) is 66.1 Å². The first-order valence-electron chi connectivity index (χ1n) is 22.7. The van der Waals surface area contributed by atoms with Gasteiger partial charge in [-0.1, -0.05) is 13.2 Å². The Morgan fingerprint density at radius 1 is 0.328 bits per heavy atom. The number of hydrogen-bond acceptors (Lipinski definition) is 19. The Kier molecular flexibility index (Phi) is 30.3. The Morgan fingerprint density at radius 3 is 0.806 bits per heavy atom. The second-order valence-electron chi connectivity index (χ2n) is 18.5. The average molecular weight is 1060 g/mol. The van der Waals surface area contributed by atoms with Crippen molar-refractivity contribution in [3.8, 4) is 0 Å². The van der Waals surface area contributed by atoms with Crippen molar-refractivity contribution in [2.45, 2.75) is 143 Å². The fraction of sp³-hybridized carbons (Fsp3) is 0.762. The molecule has 0 saturated carbocycles. The van der Waals surface area contributed by atoms with Gasteiger partial charge in [-0.2, -0.15) is 0 Å². The fourth-order valence-electron chi connectivity index (χ4n) is 5.94. The Hall–Kier alpha value is -2.68. The van der Waals surface area contributed by atoms with E-state index in [1.807, 2.05) is 52.4 Å². The summed E-state index contributed by atoms with van der Waals surface area (Å²) in [7, 11) is -19.8. The van der Waals surface area contributed by atoms with E-state index in [4.69, 9.17) is 58.5 Å². The molecule has 0 heterocycles. The SMILES string of the molecule is C=C(C)C(=O)OCCOCCC[Si](O[Si](C)(C)CCOC(C)=O)(O[Si](C)(C)CCOC(C)=O)O[Si](CCCOCCOC(=O)C(=C)C)(O[Si](C)(C)CCOC(C)=O)O[Si](C)(C)CCOC(C)=O. The minimum absolute atomic E-state index is 0.0141. The third kappa shape index (κ3) is 32.7. The van der Waals surface area contributed by atoms with Crippen molar-refractivity contribution in [3.05, 3.63) is 24.3 Å². The lowest BCUT2D eigenvalue weighted by atomic mass is 10.4. The molecule has 0 aliphatic heterocycles.